The van der Waals surface area contributed by atoms with E-state index in [1.807, 2.05) is 18.2 Å². The average Bonchev–Trinajstić information content (AvgIpc) is 3.48. The van der Waals surface area contributed by atoms with Gasteiger partial charge in [0, 0.05) is 49.3 Å². The third-order valence-electron chi connectivity index (χ3n) is 6.80. The van der Waals surface area contributed by atoms with E-state index in [1.54, 1.807) is 18.5 Å². The van der Waals surface area contributed by atoms with Gasteiger partial charge < -0.3 is 20.1 Å². The molecule has 0 saturated carbocycles. The Morgan fingerprint density at radius 3 is 2.90 bits per heavy atom. The summed E-state index contributed by atoms with van der Waals surface area (Å²) in [5.74, 6) is 0.256. The lowest BCUT2D eigenvalue weighted by atomic mass is 10.1. The predicted octanol–water partition coefficient (Wildman–Crippen LogP) is 4.79. The van der Waals surface area contributed by atoms with Gasteiger partial charge in [0.2, 0.25) is 5.91 Å². The molecular weight excluding hydrogens is 553 g/mol. The molecule has 2 aromatic carbocycles. The van der Waals surface area contributed by atoms with Crippen molar-refractivity contribution in [2.24, 2.45) is 0 Å². The van der Waals surface area contributed by atoms with Crippen LogP contribution in [0.25, 0.3) is 10.9 Å². The van der Waals surface area contributed by atoms with Crippen LogP contribution in [-0.2, 0) is 16.1 Å². The van der Waals surface area contributed by atoms with E-state index in [0.29, 0.717) is 59.3 Å². The number of imide groups is 1. The van der Waals surface area contributed by atoms with Crippen LogP contribution in [0.2, 0.25) is 5.02 Å². The molecule has 3 amide bonds. The summed E-state index contributed by atoms with van der Waals surface area (Å²) in [5, 5.41) is 9.65. The monoisotopic (exact) mass is 577 g/mol. The highest BCUT2D eigenvalue weighted by Gasteiger charge is 2.26. The molecule has 1 atom stereocenters. The minimum atomic E-state index is -0.516. The zero-order valence-corrected chi connectivity index (χ0v) is 22.4. The van der Waals surface area contributed by atoms with E-state index in [9.17, 15) is 14.0 Å². The Morgan fingerprint density at radius 1 is 1.20 bits per heavy atom. The summed E-state index contributed by atoms with van der Waals surface area (Å²) >= 11 is 5.98. The number of hydrogen-bond acceptors (Lipinski definition) is 9. The summed E-state index contributed by atoms with van der Waals surface area (Å²) in [6.07, 6.45) is 5.53. The summed E-state index contributed by atoms with van der Waals surface area (Å²) < 4.78 is 25.5. The van der Waals surface area contributed by atoms with Crippen LogP contribution in [0.3, 0.4) is 0 Å². The van der Waals surface area contributed by atoms with Gasteiger partial charge in [-0.15, -0.1) is 0 Å². The molecule has 2 aliphatic rings. The fraction of sp³-hybridized carbons (Fsp3) is 0.250. The first-order valence-electron chi connectivity index (χ1n) is 13.0. The molecule has 0 aliphatic carbocycles. The number of amides is 3. The van der Waals surface area contributed by atoms with Crippen LogP contribution >= 0.6 is 11.6 Å². The second kappa shape index (κ2) is 11.5. The highest BCUT2D eigenvalue weighted by molar-refractivity contribution is 6.31. The van der Waals surface area contributed by atoms with Crippen molar-refractivity contribution in [2.75, 3.05) is 35.3 Å². The Morgan fingerprint density at radius 2 is 2.10 bits per heavy atom. The van der Waals surface area contributed by atoms with Crippen molar-refractivity contribution in [3.05, 3.63) is 71.5 Å². The lowest BCUT2D eigenvalue weighted by Crippen LogP contribution is -2.50. The highest BCUT2D eigenvalue weighted by atomic mass is 35.5. The number of hydrogen-bond donors (Lipinski definition) is 3. The van der Waals surface area contributed by atoms with Gasteiger partial charge in [-0.05, 0) is 35.9 Å². The molecule has 3 N–H and O–H groups in total. The van der Waals surface area contributed by atoms with Gasteiger partial charge in [-0.2, -0.15) is 0 Å². The summed E-state index contributed by atoms with van der Waals surface area (Å²) in [6.45, 7) is 1.69. The van der Waals surface area contributed by atoms with Gasteiger partial charge in [0.1, 0.15) is 29.8 Å². The van der Waals surface area contributed by atoms with Crippen molar-refractivity contribution in [3.8, 4) is 5.75 Å². The number of ether oxygens (including phenoxy) is 2. The topological polar surface area (TPSA) is 131 Å². The number of nitrogens with zero attached hydrogens (tertiary/aromatic N) is 4. The molecule has 2 saturated heterocycles. The van der Waals surface area contributed by atoms with Crippen LogP contribution in [0.15, 0.2) is 55.1 Å². The molecule has 13 heteroatoms. The first kappa shape index (κ1) is 26.7. The summed E-state index contributed by atoms with van der Waals surface area (Å²) in [7, 11) is 0. The fourth-order valence-corrected chi connectivity index (χ4v) is 4.89. The maximum atomic E-state index is 13.7. The predicted molar refractivity (Wildman–Crippen MR) is 151 cm³/mol. The van der Waals surface area contributed by atoms with Crippen molar-refractivity contribution in [2.45, 2.75) is 25.5 Å². The minimum Gasteiger partial charge on any atom is -0.486 e. The molecule has 41 heavy (non-hydrogen) atoms. The van der Waals surface area contributed by atoms with E-state index >= 15 is 0 Å². The van der Waals surface area contributed by atoms with E-state index < -0.39 is 11.8 Å². The van der Waals surface area contributed by atoms with Gasteiger partial charge in [-0.25, -0.2) is 19.2 Å². The number of pyridine rings is 1. The zero-order chi connectivity index (χ0) is 28.3. The second-order valence-electron chi connectivity index (χ2n) is 9.56. The van der Waals surface area contributed by atoms with Crippen LogP contribution in [0.1, 0.15) is 18.4 Å². The molecular formula is C28H25ClFN7O4. The molecule has 0 unspecified atom stereocenters. The minimum absolute atomic E-state index is 0.00917. The molecule has 4 heterocycles. The molecule has 11 nitrogen and oxygen atoms in total. The Bertz CT molecular complexity index is 1630. The molecule has 210 valence electrons. The Hall–Kier alpha value is -4.55. The van der Waals surface area contributed by atoms with Crippen LogP contribution in [0, 0.1) is 5.82 Å². The number of anilines is 4. The van der Waals surface area contributed by atoms with Gasteiger partial charge >= 0.3 is 6.03 Å². The molecule has 0 spiro atoms. The van der Waals surface area contributed by atoms with Gasteiger partial charge in [-0.1, -0.05) is 11.6 Å². The number of rotatable bonds is 8. The summed E-state index contributed by atoms with van der Waals surface area (Å²) in [6, 6.07) is 9.37. The van der Waals surface area contributed by atoms with E-state index in [0.717, 1.165) is 12.0 Å². The van der Waals surface area contributed by atoms with Gasteiger partial charge in [0.15, 0.2) is 0 Å². The lowest BCUT2D eigenvalue weighted by Gasteiger charge is -2.28. The maximum absolute atomic E-state index is 13.7. The van der Waals surface area contributed by atoms with E-state index in [1.165, 1.54) is 23.4 Å². The lowest BCUT2D eigenvalue weighted by molar-refractivity contribution is -0.120. The van der Waals surface area contributed by atoms with Crippen molar-refractivity contribution in [1.29, 1.82) is 0 Å². The van der Waals surface area contributed by atoms with Gasteiger partial charge in [0.25, 0.3) is 0 Å². The number of carbonyl (C=O) groups is 2. The second-order valence-corrected chi connectivity index (χ2v) is 9.97. The van der Waals surface area contributed by atoms with Gasteiger partial charge in [0.05, 0.1) is 41.3 Å². The third kappa shape index (κ3) is 5.83. The number of fused-ring (bicyclic) bond motifs is 1. The third-order valence-corrected chi connectivity index (χ3v) is 7.09. The van der Waals surface area contributed by atoms with Crippen LogP contribution in [0.4, 0.5) is 32.1 Å². The normalized spacial score (nSPS) is 17.0. The van der Waals surface area contributed by atoms with Crippen LogP contribution in [-0.4, -0.2) is 52.8 Å². The first-order chi connectivity index (χ1) is 19.9. The Kier molecular flexibility index (Phi) is 7.49. The Labute approximate surface area is 239 Å². The summed E-state index contributed by atoms with van der Waals surface area (Å²) in [5.41, 5.74) is 3.25. The smallest absolute Gasteiger partial charge is 0.328 e. The van der Waals surface area contributed by atoms with E-state index in [4.69, 9.17) is 21.1 Å². The van der Waals surface area contributed by atoms with Crippen molar-refractivity contribution >= 4 is 57.3 Å². The molecule has 4 aromatic rings. The molecule has 2 aromatic heterocycles. The van der Waals surface area contributed by atoms with Gasteiger partial charge in [-0.3, -0.25) is 20.0 Å². The Balaban J connectivity index is 1.33. The standard InChI is InChI=1S/C28H25ClFN7O4/c29-20-9-17(1-2-21(20)30)35-27-19-10-23(25(11-22(19)33-15-34-27)41-18-5-8-40-14-18)32-12-16-3-6-31-13-24(16)37-7-4-26(38)36-28(37)39/h1-3,6,9-11,13,15,18,32H,4-5,7-8,12,14H2,(H,33,34,35)(H,36,38,39)/t18-/m0/s1. The first-order valence-corrected chi connectivity index (χ1v) is 13.4. The quantitative estimate of drug-likeness (QED) is 0.270. The molecule has 0 radical (unpaired) electrons. The number of carbonyl (C=O) groups excluding carboxylic acids is 2. The van der Waals surface area contributed by atoms with Crippen molar-refractivity contribution < 1.29 is 23.5 Å². The molecule has 6 rings (SSSR count). The fourth-order valence-electron chi connectivity index (χ4n) is 4.71. The maximum Gasteiger partial charge on any atom is 0.328 e. The number of urea groups is 1. The van der Waals surface area contributed by atoms with Crippen molar-refractivity contribution in [3.63, 3.8) is 0 Å². The summed E-state index contributed by atoms with van der Waals surface area (Å²) in [4.78, 5) is 38.7. The van der Waals surface area contributed by atoms with Crippen LogP contribution in [0.5, 0.6) is 5.75 Å². The number of halogens is 2. The molecule has 0 bridgehead atoms. The average molecular weight is 578 g/mol. The number of aromatic nitrogens is 3. The van der Waals surface area contributed by atoms with E-state index in [-0.39, 0.29) is 30.0 Å². The number of nitrogens with one attached hydrogen (secondary N) is 3. The zero-order valence-electron chi connectivity index (χ0n) is 21.7. The van der Waals surface area contributed by atoms with Crippen LogP contribution < -0.4 is 25.6 Å². The van der Waals surface area contributed by atoms with Crippen molar-refractivity contribution in [1.82, 2.24) is 20.3 Å². The molecule has 2 aliphatic heterocycles. The SMILES string of the molecule is O=C1CCN(c2cnccc2CNc2cc3c(Nc4ccc(F)c(Cl)c4)ncnc3cc2O[C@H]2CCOC2)C(=O)N1. The highest BCUT2D eigenvalue weighted by Crippen LogP contribution is 2.36. The largest absolute Gasteiger partial charge is 0.486 e. The van der Waals surface area contributed by atoms with E-state index in [2.05, 4.69) is 30.9 Å². The molecule has 2 fully saturated rings. The number of benzene rings is 2.